The highest BCUT2D eigenvalue weighted by atomic mass is 32.1. The summed E-state index contributed by atoms with van der Waals surface area (Å²) in [6, 6.07) is 3.78. The molecule has 0 bridgehead atoms. The van der Waals surface area contributed by atoms with E-state index in [1.807, 2.05) is 13.8 Å². The quantitative estimate of drug-likeness (QED) is 0.923. The fourth-order valence-corrected chi connectivity index (χ4v) is 3.16. The van der Waals surface area contributed by atoms with Gasteiger partial charge in [-0.1, -0.05) is 0 Å². The maximum atomic E-state index is 11.9. The molecule has 20 heavy (non-hydrogen) atoms. The average molecular weight is 293 g/mol. The summed E-state index contributed by atoms with van der Waals surface area (Å²) < 4.78 is 5.66. The van der Waals surface area contributed by atoms with E-state index in [0.717, 1.165) is 19.6 Å². The van der Waals surface area contributed by atoms with E-state index in [2.05, 4.69) is 16.3 Å². The first kappa shape index (κ1) is 15.0. The van der Waals surface area contributed by atoms with E-state index in [-0.39, 0.29) is 18.1 Å². The van der Waals surface area contributed by atoms with Gasteiger partial charge in [-0.2, -0.15) is 5.26 Å². The average Bonchev–Trinajstić information content (AvgIpc) is 2.82. The Morgan fingerprint density at radius 1 is 1.55 bits per heavy atom. The first-order valence-corrected chi connectivity index (χ1v) is 7.61. The van der Waals surface area contributed by atoms with Crippen molar-refractivity contribution >= 4 is 22.2 Å². The van der Waals surface area contributed by atoms with E-state index in [1.165, 1.54) is 11.3 Å². The van der Waals surface area contributed by atoms with E-state index in [0.29, 0.717) is 17.0 Å². The van der Waals surface area contributed by atoms with E-state index in [4.69, 9.17) is 10.00 Å². The van der Waals surface area contributed by atoms with Gasteiger partial charge < -0.3 is 10.1 Å². The smallest absolute Gasteiger partial charge is 0.226 e. The van der Waals surface area contributed by atoms with Crippen LogP contribution in [0.3, 0.4) is 0 Å². The maximum Gasteiger partial charge on any atom is 0.226 e. The molecule has 5 nitrogen and oxygen atoms in total. The molecule has 0 aromatic carbocycles. The Kier molecular flexibility index (Phi) is 5.12. The molecule has 0 aliphatic carbocycles. The Labute approximate surface area is 123 Å². The summed E-state index contributed by atoms with van der Waals surface area (Å²) in [5.74, 6) is -0.0456. The molecule has 6 heteroatoms. The number of nitriles is 1. The van der Waals surface area contributed by atoms with Crippen LogP contribution in [-0.2, 0) is 9.53 Å². The third-order valence-electron chi connectivity index (χ3n) is 3.19. The number of amides is 1. The Morgan fingerprint density at radius 2 is 2.25 bits per heavy atom. The number of ether oxygens (including phenoxy) is 1. The highest BCUT2D eigenvalue weighted by Gasteiger charge is 2.22. The van der Waals surface area contributed by atoms with Gasteiger partial charge in [-0.3, -0.25) is 9.69 Å². The lowest BCUT2D eigenvalue weighted by molar-refractivity contribution is -0.117. The molecule has 1 aliphatic heterocycles. The van der Waals surface area contributed by atoms with Gasteiger partial charge in [0.2, 0.25) is 5.91 Å². The van der Waals surface area contributed by atoms with Gasteiger partial charge in [-0.25, -0.2) is 0 Å². The summed E-state index contributed by atoms with van der Waals surface area (Å²) >= 11 is 1.38. The summed E-state index contributed by atoms with van der Waals surface area (Å²) in [6.07, 6.45) is 0.857. The number of hydrogen-bond acceptors (Lipinski definition) is 5. The molecule has 2 atom stereocenters. The Bertz CT molecular complexity index is 499. The Morgan fingerprint density at radius 3 is 2.90 bits per heavy atom. The van der Waals surface area contributed by atoms with Crippen LogP contribution in [0.4, 0.5) is 5.00 Å². The molecule has 1 N–H and O–H groups in total. The maximum absolute atomic E-state index is 11.9. The normalized spacial score (nSPS) is 23.2. The van der Waals surface area contributed by atoms with Crippen LogP contribution in [0.5, 0.6) is 0 Å². The summed E-state index contributed by atoms with van der Waals surface area (Å²) in [6.45, 7) is 6.54. The second-order valence-corrected chi connectivity index (χ2v) is 6.01. The minimum absolute atomic E-state index is 0.0456. The van der Waals surface area contributed by atoms with Gasteiger partial charge in [0.25, 0.3) is 0 Å². The molecule has 1 fully saturated rings. The van der Waals surface area contributed by atoms with Crippen LogP contribution in [0.15, 0.2) is 11.4 Å². The minimum atomic E-state index is -0.0456. The molecule has 0 saturated carbocycles. The van der Waals surface area contributed by atoms with Crippen molar-refractivity contribution in [2.45, 2.75) is 32.5 Å². The van der Waals surface area contributed by atoms with Crippen LogP contribution < -0.4 is 5.32 Å². The topological polar surface area (TPSA) is 65.4 Å². The van der Waals surface area contributed by atoms with Crippen molar-refractivity contribution in [1.82, 2.24) is 4.90 Å². The number of anilines is 1. The predicted octanol–water partition coefficient (Wildman–Crippen LogP) is 2.06. The van der Waals surface area contributed by atoms with Gasteiger partial charge >= 0.3 is 0 Å². The molecule has 2 rings (SSSR count). The largest absolute Gasteiger partial charge is 0.373 e. The van der Waals surface area contributed by atoms with Crippen molar-refractivity contribution in [3.63, 3.8) is 0 Å². The summed E-state index contributed by atoms with van der Waals surface area (Å²) in [7, 11) is 0. The lowest BCUT2D eigenvalue weighted by atomic mass is 10.2. The number of thiophene rings is 1. The second kappa shape index (κ2) is 6.84. The summed E-state index contributed by atoms with van der Waals surface area (Å²) in [5.41, 5.74) is 0.525. The highest BCUT2D eigenvalue weighted by molar-refractivity contribution is 7.14. The Hall–Kier alpha value is -1.42. The van der Waals surface area contributed by atoms with Crippen LogP contribution in [-0.4, -0.2) is 42.6 Å². The molecular weight excluding hydrogens is 274 g/mol. The van der Waals surface area contributed by atoms with Crippen molar-refractivity contribution in [2.24, 2.45) is 0 Å². The molecule has 1 aliphatic rings. The monoisotopic (exact) mass is 293 g/mol. The van der Waals surface area contributed by atoms with Crippen molar-refractivity contribution in [1.29, 1.82) is 5.26 Å². The molecule has 1 amide bonds. The van der Waals surface area contributed by atoms with E-state index in [1.54, 1.807) is 11.4 Å². The van der Waals surface area contributed by atoms with Crippen LogP contribution >= 0.6 is 11.3 Å². The summed E-state index contributed by atoms with van der Waals surface area (Å²) in [4.78, 5) is 14.2. The first-order chi connectivity index (χ1) is 9.58. The molecule has 2 heterocycles. The number of carbonyl (C=O) groups is 1. The highest BCUT2D eigenvalue weighted by Crippen LogP contribution is 2.22. The molecular formula is C14H19N3O2S. The number of hydrogen-bond donors (Lipinski definition) is 1. The van der Waals surface area contributed by atoms with Crippen LogP contribution in [0.25, 0.3) is 0 Å². The van der Waals surface area contributed by atoms with Crippen LogP contribution in [0, 0.1) is 11.3 Å². The fraction of sp³-hybridized carbons (Fsp3) is 0.571. The zero-order valence-electron chi connectivity index (χ0n) is 11.8. The molecule has 108 valence electrons. The van der Waals surface area contributed by atoms with E-state index < -0.39 is 0 Å². The van der Waals surface area contributed by atoms with Gasteiger partial charge in [0.15, 0.2) is 0 Å². The molecule has 1 aromatic heterocycles. The van der Waals surface area contributed by atoms with Crippen LogP contribution in [0.2, 0.25) is 0 Å². The Balaban J connectivity index is 1.79. The van der Waals surface area contributed by atoms with Gasteiger partial charge in [-0.15, -0.1) is 11.3 Å². The second-order valence-electron chi connectivity index (χ2n) is 5.09. The van der Waals surface area contributed by atoms with Gasteiger partial charge in [0.05, 0.1) is 17.8 Å². The molecule has 1 aromatic rings. The van der Waals surface area contributed by atoms with Crippen molar-refractivity contribution < 1.29 is 9.53 Å². The van der Waals surface area contributed by atoms with E-state index >= 15 is 0 Å². The number of nitrogens with zero attached hydrogens (tertiary/aromatic N) is 2. The number of carbonyl (C=O) groups excluding carboxylic acids is 1. The zero-order chi connectivity index (χ0) is 14.5. The predicted molar refractivity (Wildman–Crippen MR) is 78.7 cm³/mol. The van der Waals surface area contributed by atoms with Gasteiger partial charge in [0, 0.05) is 26.1 Å². The molecule has 1 saturated heterocycles. The third-order valence-corrected chi connectivity index (χ3v) is 4.02. The minimum Gasteiger partial charge on any atom is -0.373 e. The van der Waals surface area contributed by atoms with Crippen molar-refractivity contribution in [3.05, 3.63) is 17.0 Å². The SMILES string of the molecule is C[C@H]1CN(CCC(=O)Nc2sccc2C#N)C[C@H](C)O1. The van der Waals surface area contributed by atoms with E-state index in [9.17, 15) is 4.79 Å². The van der Waals surface area contributed by atoms with Gasteiger partial charge in [-0.05, 0) is 25.3 Å². The van der Waals surface area contributed by atoms with Crippen molar-refractivity contribution in [2.75, 3.05) is 25.0 Å². The lowest BCUT2D eigenvalue weighted by Gasteiger charge is -2.35. The van der Waals surface area contributed by atoms with Crippen molar-refractivity contribution in [3.8, 4) is 6.07 Å². The molecule has 0 spiro atoms. The lowest BCUT2D eigenvalue weighted by Crippen LogP contribution is -2.46. The molecule has 0 radical (unpaired) electrons. The number of nitrogens with one attached hydrogen (secondary N) is 1. The standard InChI is InChI=1S/C14H19N3O2S/c1-10-8-17(9-11(2)19-10)5-3-13(18)16-14-12(7-15)4-6-20-14/h4,6,10-11H,3,5,8-9H2,1-2H3,(H,16,18)/t10-,11-/m0/s1. The fourth-order valence-electron chi connectivity index (χ4n) is 2.41. The number of rotatable bonds is 4. The zero-order valence-corrected chi connectivity index (χ0v) is 12.6. The summed E-state index contributed by atoms with van der Waals surface area (Å²) in [5, 5.41) is 14.1. The third kappa shape index (κ3) is 4.04. The first-order valence-electron chi connectivity index (χ1n) is 6.73. The van der Waals surface area contributed by atoms with Gasteiger partial charge in [0.1, 0.15) is 11.1 Å². The number of morpholine rings is 1. The molecule has 0 unspecified atom stereocenters. The van der Waals surface area contributed by atoms with Crippen LogP contribution in [0.1, 0.15) is 25.8 Å².